The maximum atomic E-state index is 12.9. The van der Waals surface area contributed by atoms with Gasteiger partial charge in [0.15, 0.2) is 4.80 Å². The van der Waals surface area contributed by atoms with Crippen molar-refractivity contribution in [1.82, 2.24) is 4.57 Å². The summed E-state index contributed by atoms with van der Waals surface area (Å²) in [5.74, 6) is -1.27. The summed E-state index contributed by atoms with van der Waals surface area (Å²) >= 11 is 1.14. The Morgan fingerprint density at radius 1 is 1.20 bits per heavy atom. The number of ether oxygens (including phenoxy) is 1. The smallest absolute Gasteiger partial charge is 0.416 e. The molecule has 0 spiro atoms. The van der Waals surface area contributed by atoms with Crippen molar-refractivity contribution in [3.05, 3.63) is 76.6 Å². The molecule has 0 N–H and O–H groups in total. The first-order valence-electron chi connectivity index (χ1n) is 8.92. The van der Waals surface area contributed by atoms with E-state index in [2.05, 4.69) is 11.6 Å². The number of carbonyl (C=O) groups is 2. The number of esters is 1. The van der Waals surface area contributed by atoms with Crippen molar-refractivity contribution in [2.24, 2.45) is 4.99 Å². The minimum Gasteiger partial charge on any atom is -0.462 e. The standard InChI is InChI=1S/C21H17F3N2O3S/c1-3-10-26-16-9-8-14(19(28)29-4-2)12-17(16)30-20(26)25-18(27)13-6-5-7-15(11-13)21(22,23)24/h3,5-9,11-12H,1,4,10H2,2H3. The first kappa shape index (κ1) is 21.5. The number of hydrogen-bond acceptors (Lipinski definition) is 4. The van der Waals surface area contributed by atoms with E-state index in [1.807, 2.05) is 0 Å². The van der Waals surface area contributed by atoms with Crippen LogP contribution in [0.2, 0.25) is 0 Å². The van der Waals surface area contributed by atoms with Crippen molar-refractivity contribution in [3.63, 3.8) is 0 Å². The Morgan fingerprint density at radius 2 is 1.97 bits per heavy atom. The summed E-state index contributed by atoms with van der Waals surface area (Å²) in [4.78, 5) is 28.8. The first-order chi connectivity index (χ1) is 14.2. The van der Waals surface area contributed by atoms with Crippen LogP contribution in [0.4, 0.5) is 13.2 Å². The van der Waals surface area contributed by atoms with Crippen LogP contribution < -0.4 is 4.80 Å². The number of allylic oxidation sites excluding steroid dienone is 1. The zero-order valence-corrected chi connectivity index (χ0v) is 16.7. The molecule has 1 aromatic heterocycles. The third-order valence-corrected chi connectivity index (χ3v) is 5.18. The zero-order chi connectivity index (χ0) is 21.9. The van der Waals surface area contributed by atoms with E-state index in [0.29, 0.717) is 22.3 Å². The molecule has 9 heteroatoms. The number of carbonyl (C=O) groups excluding carboxylic acids is 2. The Hall–Kier alpha value is -3.20. The van der Waals surface area contributed by atoms with Gasteiger partial charge in [0.2, 0.25) is 0 Å². The summed E-state index contributed by atoms with van der Waals surface area (Å²) in [6.45, 7) is 5.96. The highest BCUT2D eigenvalue weighted by atomic mass is 32.1. The lowest BCUT2D eigenvalue weighted by molar-refractivity contribution is -0.137. The van der Waals surface area contributed by atoms with Crippen molar-refractivity contribution in [1.29, 1.82) is 0 Å². The number of thiazole rings is 1. The number of nitrogens with zero attached hydrogens (tertiary/aromatic N) is 2. The summed E-state index contributed by atoms with van der Waals surface area (Å²) in [6.07, 6.45) is -2.95. The molecule has 0 aliphatic rings. The highest BCUT2D eigenvalue weighted by Crippen LogP contribution is 2.29. The molecule has 5 nitrogen and oxygen atoms in total. The van der Waals surface area contributed by atoms with Gasteiger partial charge in [-0.15, -0.1) is 6.58 Å². The van der Waals surface area contributed by atoms with Crippen LogP contribution >= 0.6 is 11.3 Å². The van der Waals surface area contributed by atoms with Crippen LogP contribution in [0.25, 0.3) is 10.2 Å². The van der Waals surface area contributed by atoms with Crippen LogP contribution in [0, 0.1) is 0 Å². The van der Waals surface area contributed by atoms with E-state index in [-0.39, 0.29) is 17.0 Å². The lowest BCUT2D eigenvalue weighted by Gasteiger charge is -2.06. The van der Waals surface area contributed by atoms with Gasteiger partial charge in [-0.1, -0.05) is 23.5 Å². The summed E-state index contributed by atoms with van der Waals surface area (Å²) in [5, 5.41) is 0. The highest BCUT2D eigenvalue weighted by Gasteiger charge is 2.30. The molecule has 3 rings (SSSR count). The van der Waals surface area contributed by atoms with Gasteiger partial charge in [0.25, 0.3) is 5.91 Å². The third kappa shape index (κ3) is 4.51. The predicted octanol–water partition coefficient (Wildman–Crippen LogP) is 4.83. The molecule has 0 unspecified atom stereocenters. The third-order valence-electron chi connectivity index (χ3n) is 4.14. The number of alkyl halides is 3. The maximum Gasteiger partial charge on any atom is 0.416 e. The second-order valence-corrected chi connectivity index (χ2v) is 7.19. The molecule has 156 valence electrons. The second kappa shape index (κ2) is 8.66. The molecule has 0 atom stereocenters. The number of hydrogen-bond donors (Lipinski definition) is 0. The molecule has 1 heterocycles. The molecule has 0 bridgehead atoms. The van der Waals surface area contributed by atoms with Crippen molar-refractivity contribution < 1.29 is 27.5 Å². The molecule has 2 aromatic carbocycles. The van der Waals surface area contributed by atoms with E-state index < -0.39 is 23.6 Å². The molecule has 0 saturated heterocycles. The average molecular weight is 434 g/mol. The Morgan fingerprint density at radius 3 is 2.63 bits per heavy atom. The largest absolute Gasteiger partial charge is 0.462 e. The van der Waals surface area contributed by atoms with Crippen molar-refractivity contribution in [2.75, 3.05) is 6.61 Å². The fourth-order valence-corrected chi connectivity index (χ4v) is 3.86. The second-order valence-electron chi connectivity index (χ2n) is 6.18. The molecule has 0 aliphatic heterocycles. The van der Waals surface area contributed by atoms with Gasteiger partial charge >= 0.3 is 12.1 Å². The van der Waals surface area contributed by atoms with Crippen molar-refractivity contribution in [2.45, 2.75) is 19.6 Å². The number of aromatic nitrogens is 1. The van der Waals surface area contributed by atoms with Gasteiger partial charge in [0, 0.05) is 12.1 Å². The Balaban J connectivity index is 2.08. The summed E-state index contributed by atoms with van der Waals surface area (Å²) in [6, 6.07) is 9.05. The van der Waals surface area contributed by atoms with Crippen LogP contribution in [0.3, 0.4) is 0 Å². The van der Waals surface area contributed by atoms with Crippen LogP contribution in [0.1, 0.15) is 33.2 Å². The minimum absolute atomic E-state index is 0.167. The molecule has 0 radical (unpaired) electrons. The number of rotatable bonds is 5. The zero-order valence-electron chi connectivity index (χ0n) is 15.9. The number of fused-ring (bicyclic) bond motifs is 1. The highest BCUT2D eigenvalue weighted by molar-refractivity contribution is 7.16. The van der Waals surface area contributed by atoms with Gasteiger partial charge < -0.3 is 9.30 Å². The lowest BCUT2D eigenvalue weighted by atomic mass is 10.1. The van der Waals surface area contributed by atoms with Gasteiger partial charge in [0.05, 0.1) is 28.0 Å². The van der Waals surface area contributed by atoms with Crippen LogP contribution in [-0.4, -0.2) is 23.1 Å². The molecule has 30 heavy (non-hydrogen) atoms. The quantitative estimate of drug-likeness (QED) is 0.427. The summed E-state index contributed by atoms with van der Waals surface area (Å²) in [7, 11) is 0. The van der Waals surface area contributed by atoms with Crippen LogP contribution in [-0.2, 0) is 17.5 Å². The molecule has 0 saturated carbocycles. The van der Waals surface area contributed by atoms with Crippen LogP contribution in [0.5, 0.6) is 0 Å². The molecule has 0 aliphatic carbocycles. The first-order valence-corrected chi connectivity index (χ1v) is 9.74. The van der Waals surface area contributed by atoms with E-state index >= 15 is 0 Å². The molecule has 0 fully saturated rings. The van der Waals surface area contributed by atoms with Gasteiger partial charge in [0.1, 0.15) is 0 Å². The van der Waals surface area contributed by atoms with E-state index in [9.17, 15) is 22.8 Å². The minimum atomic E-state index is -4.56. The Kier molecular flexibility index (Phi) is 6.21. The number of benzene rings is 2. The Bertz CT molecular complexity index is 1190. The summed E-state index contributed by atoms with van der Waals surface area (Å²) in [5.41, 5.74) is -0.0202. The fraction of sp³-hybridized carbons (Fsp3) is 0.190. The van der Waals surface area contributed by atoms with Crippen molar-refractivity contribution >= 4 is 33.4 Å². The van der Waals surface area contributed by atoms with E-state index in [0.717, 1.165) is 23.5 Å². The normalized spacial score (nSPS) is 12.2. The van der Waals surface area contributed by atoms with Gasteiger partial charge in [-0.05, 0) is 43.3 Å². The fourth-order valence-electron chi connectivity index (χ4n) is 2.79. The molecule has 1 amide bonds. The maximum absolute atomic E-state index is 12.9. The number of amides is 1. The summed E-state index contributed by atoms with van der Waals surface area (Å²) < 4.78 is 46.2. The van der Waals surface area contributed by atoms with Gasteiger partial charge in [-0.25, -0.2) is 4.79 Å². The van der Waals surface area contributed by atoms with Crippen LogP contribution in [0.15, 0.2) is 60.1 Å². The topological polar surface area (TPSA) is 60.7 Å². The molecular formula is C21H17F3N2O3S. The van der Waals surface area contributed by atoms with Gasteiger partial charge in [-0.2, -0.15) is 18.2 Å². The Labute approximate surface area is 173 Å². The van der Waals surface area contributed by atoms with Crippen molar-refractivity contribution in [3.8, 4) is 0 Å². The van der Waals surface area contributed by atoms with E-state index in [1.54, 1.807) is 35.8 Å². The van der Waals surface area contributed by atoms with E-state index in [4.69, 9.17) is 4.74 Å². The van der Waals surface area contributed by atoms with Gasteiger partial charge in [-0.3, -0.25) is 4.79 Å². The predicted molar refractivity (Wildman–Crippen MR) is 107 cm³/mol. The number of halogens is 3. The SMILES string of the molecule is C=CCn1c(=NC(=O)c2cccc(C(F)(F)F)c2)sc2cc(C(=O)OCC)ccc21. The molecule has 3 aromatic rings. The average Bonchev–Trinajstić information content (AvgIpc) is 3.04. The monoisotopic (exact) mass is 434 g/mol. The lowest BCUT2D eigenvalue weighted by Crippen LogP contribution is -2.16. The van der Waals surface area contributed by atoms with E-state index in [1.165, 1.54) is 12.1 Å². The molecular weight excluding hydrogens is 417 g/mol.